The first-order chi connectivity index (χ1) is 7.58. The lowest BCUT2D eigenvalue weighted by atomic mass is 10.2. The van der Waals surface area contributed by atoms with Gasteiger partial charge in [0.05, 0.1) is 6.10 Å². The SMILES string of the molecule is CC(C)NCCC(C)Oc1cccc(Cl)c1. The predicted octanol–water partition coefficient (Wildman–Crippen LogP) is 3.50. The highest BCUT2D eigenvalue weighted by atomic mass is 35.5. The summed E-state index contributed by atoms with van der Waals surface area (Å²) in [6, 6.07) is 8.04. The minimum absolute atomic E-state index is 0.199. The van der Waals surface area contributed by atoms with Gasteiger partial charge in [0.2, 0.25) is 0 Å². The molecule has 0 spiro atoms. The number of benzene rings is 1. The molecule has 0 fully saturated rings. The van der Waals surface area contributed by atoms with Crippen LogP contribution in [0.4, 0.5) is 0 Å². The third kappa shape index (κ3) is 5.38. The molecule has 1 aromatic carbocycles. The van der Waals surface area contributed by atoms with Gasteiger partial charge in [0.1, 0.15) is 5.75 Å². The Hall–Kier alpha value is -0.730. The second-order valence-corrected chi connectivity index (χ2v) is 4.72. The maximum absolute atomic E-state index is 5.88. The van der Waals surface area contributed by atoms with E-state index in [-0.39, 0.29) is 6.10 Å². The van der Waals surface area contributed by atoms with Gasteiger partial charge in [0.25, 0.3) is 0 Å². The standard InChI is InChI=1S/C13H20ClNO/c1-10(2)15-8-7-11(3)16-13-6-4-5-12(14)9-13/h4-6,9-11,15H,7-8H2,1-3H3. The third-order valence-electron chi connectivity index (χ3n) is 2.24. The summed E-state index contributed by atoms with van der Waals surface area (Å²) in [4.78, 5) is 0. The van der Waals surface area contributed by atoms with Crippen LogP contribution in [0, 0.1) is 0 Å². The Morgan fingerprint density at radius 2 is 2.06 bits per heavy atom. The van der Waals surface area contributed by atoms with Crippen molar-refractivity contribution in [1.82, 2.24) is 5.32 Å². The minimum atomic E-state index is 0.199. The number of hydrogen-bond acceptors (Lipinski definition) is 2. The van der Waals surface area contributed by atoms with Gasteiger partial charge in [0, 0.05) is 11.1 Å². The van der Waals surface area contributed by atoms with Crippen LogP contribution in [0.3, 0.4) is 0 Å². The monoisotopic (exact) mass is 241 g/mol. The summed E-state index contributed by atoms with van der Waals surface area (Å²) in [7, 11) is 0. The molecule has 3 heteroatoms. The average Bonchev–Trinajstić information content (AvgIpc) is 2.16. The first-order valence-electron chi connectivity index (χ1n) is 5.73. The Morgan fingerprint density at radius 1 is 1.31 bits per heavy atom. The van der Waals surface area contributed by atoms with Crippen molar-refractivity contribution in [3.8, 4) is 5.75 Å². The maximum Gasteiger partial charge on any atom is 0.121 e. The molecule has 0 heterocycles. The van der Waals surface area contributed by atoms with Crippen molar-refractivity contribution in [2.75, 3.05) is 6.54 Å². The third-order valence-corrected chi connectivity index (χ3v) is 2.47. The lowest BCUT2D eigenvalue weighted by Crippen LogP contribution is -2.27. The summed E-state index contributed by atoms with van der Waals surface area (Å²) >= 11 is 5.88. The fraction of sp³-hybridized carbons (Fsp3) is 0.538. The molecule has 2 nitrogen and oxygen atoms in total. The average molecular weight is 242 g/mol. The molecule has 0 amide bonds. The number of hydrogen-bond donors (Lipinski definition) is 1. The van der Waals surface area contributed by atoms with Crippen molar-refractivity contribution >= 4 is 11.6 Å². The van der Waals surface area contributed by atoms with Crippen molar-refractivity contribution in [2.45, 2.75) is 39.3 Å². The van der Waals surface area contributed by atoms with Crippen LogP contribution in [-0.2, 0) is 0 Å². The molecular weight excluding hydrogens is 222 g/mol. The molecule has 90 valence electrons. The van der Waals surface area contributed by atoms with Gasteiger partial charge in [-0.25, -0.2) is 0 Å². The highest BCUT2D eigenvalue weighted by Gasteiger charge is 2.04. The number of rotatable bonds is 6. The second kappa shape index (κ2) is 6.77. The molecule has 0 aromatic heterocycles. The molecule has 1 rings (SSSR count). The van der Waals surface area contributed by atoms with E-state index in [0.717, 1.165) is 18.7 Å². The van der Waals surface area contributed by atoms with Crippen LogP contribution in [0.2, 0.25) is 5.02 Å². The molecule has 1 atom stereocenters. The summed E-state index contributed by atoms with van der Waals surface area (Å²) in [6.07, 6.45) is 1.19. The predicted molar refractivity (Wildman–Crippen MR) is 69.3 cm³/mol. The van der Waals surface area contributed by atoms with Gasteiger partial charge < -0.3 is 10.1 Å². The van der Waals surface area contributed by atoms with Crippen LogP contribution < -0.4 is 10.1 Å². The van der Waals surface area contributed by atoms with Crippen molar-refractivity contribution in [1.29, 1.82) is 0 Å². The molecule has 0 saturated carbocycles. The number of ether oxygens (including phenoxy) is 1. The van der Waals surface area contributed by atoms with E-state index in [1.807, 2.05) is 24.3 Å². The lowest BCUT2D eigenvalue weighted by Gasteiger charge is -2.16. The molecular formula is C13H20ClNO. The summed E-state index contributed by atoms with van der Waals surface area (Å²) < 4.78 is 5.75. The molecule has 0 bridgehead atoms. The van der Waals surface area contributed by atoms with E-state index in [1.54, 1.807) is 0 Å². The van der Waals surface area contributed by atoms with Gasteiger partial charge in [0.15, 0.2) is 0 Å². The van der Waals surface area contributed by atoms with Crippen molar-refractivity contribution < 1.29 is 4.74 Å². The van der Waals surface area contributed by atoms with Crippen LogP contribution in [0.25, 0.3) is 0 Å². The van der Waals surface area contributed by atoms with E-state index >= 15 is 0 Å². The first-order valence-corrected chi connectivity index (χ1v) is 6.11. The van der Waals surface area contributed by atoms with Gasteiger partial charge in [-0.2, -0.15) is 0 Å². The fourth-order valence-corrected chi connectivity index (χ4v) is 1.59. The molecule has 0 aliphatic carbocycles. The van der Waals surface area contributed by atoms with E-state index in [1.165, 1.54) is 0 Å². The summed E-state index contributed by atoms with van der Waals surface area (Å²) in [5.74, 6) is 0.838. The summed E-state index contributed by atoms with van der Waals surface area (Å²) in [5, 5.41) is 4.08. The topological polar surface area (TPSA) is 21.3 Å². The van der Waals surface area contributed by atoms with Gasteiger partial charge in [-0.3, -0.25) is 0 Å². The fourth-order valence-electron chi connectivity index (χ4n) is 1.41. The summed E-state index contributed by atoms with van der Waals surface area (Å²) in [6.45, 7) is 7.33. The highest BCUT2D eigenvalue weighted by Crippen LogP contribution is 2.18. The van der Waals surface area contributed by atoms with Crippen LogP contribution in [0.15, 0.2) is 24.3 Å². The van der Waals surface area contributed by atoms with Crippen LogP contribution in [0.1, 0.15) is 27.2 Å². The van der Waals surface area contributed by atoms with Crippen molar-refractivity contribution in [3.05, 3.63) is 29.3 Å². The van der Waals surface area contributed by atoms with Gasteiger partial charge in [-0.15, -0.1) is 0 Å². The normalized spacial score (nSPS) is 12.8. The molecule has 0 radical (unpaired) electrons. The van der Waals surface area contributed by atoms with E-state index in [4.69, 9.17) is 16.3 Å². The molecule has 1 N–H and O–H groups in total. The van der Waals surface area contributed by atoms with Gasteiger partial charge in [-0.05, 0) is 38.1 Å². The largest absolute Gasteiger partial charge is 0.491 e. The Kier molecular flexibility index (Phi) is 5.64. The van der Waals surface area contributed by atoms with Crippen molar-refractivity contribution in [2.24, 2.45) is 0 Å². The van der Waals surface area contributed by atoms with Crippen LogP contribution in [0.5, 0.6) is 5.75 Å². The number of nitrogens with one attached hydrogen (secondary N) is 1. The number of halogens is 1. The lowest BCUT2D eigenvalue weighted by molar-refractivity contribution is 0.209. The van der Waals surface area contributed by atoms with Crippen molar-refractivity contribution in [3.63, 3.8) is 0 Å². The van der Waals surface area contributed by atoms with Crippen LogP contribution in [-0.4, -0.2) is 18.7 Å². The van der Waals surface area contributed by atoms with Gasteiger partial charge >= 0.3 is 0 Å². The molecule has 0 aliphatic heterocycles. The molecule has 16 heavy (non-hydrogen) atoms. The first kappa shape index (κ1) is 13.3. The Labute approximate surface area is 103 Å². The Bertz CT molecular complexity index is 315. The van der Waals surface area contributed by atoms with E-state index < -0.39 is 0 Å². The zero-order valence-corrected chi connectivity index (χ0v) is 10.9. The second-order valence-electron chi connectivity index (χ2n) is 4.28. The van der Waals surface area contributed by atoms with Crippen LogP contribution >= 0.6 is 11.6 Å². The van der Waals surface area contributed by atoms with Gasteiger partial charge in [-0.1, -0.05) is 31.5 Å². The smallest absolute Gasteiger partial charge is 0.121 e. The molecule has 0 saturated heterocycles. The minimum Gasteiger partial charge on any atom is -0.491 e. The molecule has 1 aromatic rings. The zero-order valence-electron chi connectivity index (χ0n) is 10.2. The maximum atomic E-state index is 5.88. The summed E-state index contributed by atoms with van der Waals surface area (Å²) in [5.41, 5.74) is 0. The molecule has 1 unspecified atom stereocenters. The van der Waals surface area contributed by atoms with E-state index in [2.05, 4.69) is 26.1 Å². The molecule has 0 aliphatic rings. The zero-order chi connectivity index (χ0) is 12.0. The Balaban J connectivity index is 2.31. The van der Waals surface area contributed by atoms with E-state index in [9.17, 15) is 0 Å². The highest BCUT2D eigenvalue weighted by molar-refractivity contribution is 6.30. The van der Waals surface area contributed by atoms with E-state index in [0.29, 0.717) is 11.1 Å². The quantitative estimate of drug-likeness (QED) is 0.823. The Morgan fingerprint density at radius 3 is 2.69 bits per heavy atom.